The molecule has 1 heterocycles. The van der Waals surface area contributed by atoms with Crippen LogP contribution in [-0.2, 0) is 5.54 Å². The molecule has 0 aliphatic heterocycles. The lowest BCUT2D eigenvalue weighted by atomic mass is 10.0. The second-order valence-corrected chi connectivity index (χ2v) is 2.67. The lowest BCUT2D eigenvalue weighted by Crippen LogP contribution is -2.37. The molecular formula is C7H11N3O. The topological polar surface area (TPSA) is 72.0 Å². The van der Waals surface area contributed by atoms with E-state index in [0.29, 0.717) is 5.69 Å². The molecular weight excluding hydrogens is 142 g/mol. The predicted octanol–water partition coefficient (Wildman–Crippen LogP) is -0.357. The van der Waals surface area contributed by atoms with Gasteiger partial charge in [0.1, 0.15) is 6.33 Å². The Morgan fingerprint density at radius 2 is 2.45 bits per heavy atom. The van der Waals surface area contributed by atoms with Gasteiger partial charge in [0.2, 0.25) is 0 Å². The largest absolute Gasteiger partial charge is 0.394 e. The Labute approximate surface area is 65.1 Å². The number of nitrogens with two attached hydrogens (primary N) is 1. The molecule has 0 bridgehead atoms. The maximum absolute atomic E-state index is 8.86. The van der Waals surface area contributed by atoms with Gasteiger partial charge in [0.15, 0.2) is 0 Å². The SMILES string of the molecule is CC(N)(CO)c1ccncn1. The first-order valence-electron chi connectivity index (χ1n) is 3.33. The van der Waals surface area contributed by atoms with Crippen LogP contribution in [0.4, 0.5) is 0 Å². The summed E-state index contributed by atoms with van der Waals surface area (Å²) in [4.78, 5) is 7.67. The highest BCUT2D eigenvalue weighted by atomic mass is 16.3. The van der Waals surface area contributed by atoms with Crippen molar-refractivity contribution in [3.63, 3.8) is 0 Å². The zero-order valence-electron chi connectivity index (χ0n) is 6.36. The minimum absolute atomic E-state index is 0.121. The predicted molar refractivity (Wildman–Crippen MR) is 40.7 cm³/mol. The third kappa shape index (κ3) is 1.72. The first-order chi connectivity index (χ1) is 5.17. The van der Waals surface area contributed by atoms with Crippen LogP contribution in [0.25, 0.3) is 0 Å². The summed E-state index contributed by atoms with van der Waals surface area (Å²) in [5.74, 6) is 0. The van der Waals surface area contributed by atoms with Crippen LogP contribution in [0.5, 0.6) is 0 Å². The van der Waals surface area contributed by atoms with E-state index in [0.717, 1.165) is 0 Å². The smallest absolute Gasteiger partial charge is 0.115 e. The molecule has 0 amide bonds. The number of hydrogen-bond donors (Lipinski definition) is 2. The van der Waals surface area contributed by atoms with Crippen molar-refractivity contribution in [3.8, 4) is 0 Å². The van der Waals surface area contributed by atoms with Crippen LogP contribution in [0, 0.1) is 0 Å². The van der Waals surface area contributed by atoms with Gasteiger partial charge in [0.05, 0.1) is 17.8 Å². The quantitative estimate of drug-likeness (QED) is 0.608. The Bertz CT molecular complexity index is 222. The third-order valence-electron chi connectivity index (χ3n) is 1.50. The Morgan fingerprint density at radius 3 is 2.91 bits per heavy atom. The molecule has 3 N–H and O–H groups in total. The zero-order valence-corrected chi connectivity index (χ0v) is 6.36. The van der Waals surface area contributed by atoms with Crippen molar-refractivity contribution in [2.45, 2.75) is 12.5 Å². The van der Waals surface area contributed by atoms with Crippen LogP contribution in [0.1, 0.15) is 12.6 Å². The van der Waals surface area contributed by atoms with Crippen molar-refractivity contribution in [1.29, 1.82) is 0 Å². The van der Waals surface area contributed by atoms with E-state index in [1.165, 1.54) is 6.33 Å². The summed E-state index contributed by atoms with van der Waals surface area (Å²) in [6.07, 6.45) is 3.01. The molecule has 0 spiro atoms. The van der Waals surface area contributed by atoms with Gasteiger partial charge >= 0.3 is 0 Å². The number of aliphatic hydroxyl groups is 1. The molecule has 1 unspecified atom stereocenters. The van der Waals surface area contributed by atoms with Gasteiger partial charge in [0.25, 0.3) is 0 Å². The van der Waals surface area contributed by atoms with Crippen LogP contribution < -0.4 is 5.73 Å². The van der Waals surface area contributed by atoms with Gasteiger partial charge in [-0.2, -0.15) is 0 Å². The summed E-state index contributed by atoms with van der Waals surface area (Å²) in [6, 6.07) is 1.69. The van der Waals surface area contributed by atoms with Crippen molar-refractivity contribution in [2.75, 3.05) is 6.61 Å². The molecule has 0 saturated heterocycles. The molecule has 0 aromatic carbocycles. The van der Waals surface area contributed by atoms with Crippen molar-refractivity contribution < 1.29 is 5.11 Å². The summed E-state index contributed by atoms with van der Waals surface area (Å²) < 4.78 is 0. The number of hydrogen-bond acceptors (Lipinski definition) is 4. The van der Waals surface area contributed by atoms with Crippen LogP contribution >= 0.6 is 0 Å². The van der Waals surface area contributed by atoms with Crippen LogP contribution in [0.15, 0.2) is 18.6 Å². The van der Waals surface area contributed by atoms with Crippen LogP contribution in [0.2, 0.25) is 0 Å². The van der Waals surface area contributed by atoms with Gasteiger partial charge < -0.3 is 10.8 Å². The van der Waals surface area contributed by atoms with Crippen LogP contribution in [0.3, 0.4) is 0 Å². The molecule has 0 fully saturated rings. The summed E-state index contributed by atoms with van der Waals surface area (Å²) in [5.41, 5.74) is 5.58. The first-order valence-corrected chi connectivity index (χ1v) is 3.33. The van der Waals surface area contributed by atoms with Gasteiger partial charge in [-0.1, -0.05) is 0 Å². The minimum Gasteiger partial charge on any atom is -0.394 e. The second kappa shape index (κ2) is 2.94. The molecule has 4 nitrogen and oxygen atoms in total. The summed E-state index contributed by atoms with van der Waals surface area (Å²) in [6.45, 7) is 1.60. The van der Waals surface area contributed by atoms with E-state index in [9.17, 15) is 0 Å². The summed E-state index contributed by atoms with van der Waals surface area (Å²) in [7, 11) is 0. The van der Waals surface area contributed by atoms with Crippen molar-refractivity contribution >= 4 is 0 Å². The van der Waals surface area contributed by atoms with Gasteiger partial charge in [-0.05, 0) is 13.0 Å². The van der Waals surface area contributed by atoms with Crippen molar-refractivity contribution in [1.82, 2.24) is 9.97 Å². The molecule has 0 radical (unpaired) electrons. The van der Waals surface area contributed by atoms with Gasteiger partial charge in [-0.3, -0.25) is 0 Å². The average Bonchev–Trinajstić information content (AvgIpc) is 2.06. The van der Waals surface area contributed by atoms with E-state index in [1.807, 2.05) is 0 Å². The molecule has 4 heteroatoms. The highest BCUT2D eigenvalue weighted by molar-refractivity contribution is 5.10. The zero-order chi connectivity index (χ0) is 8.32. The molecule has 1 rings (SSSR count). The second-order valence-electron chi connectivity index (χ2n) is 2.67. The van der Waals surface area contributed by atoms with Crippen LogP contribution in [-0.4, -0.2) is 21.7 Å². The number of aliphatic hydroxyl groups excluding tert-OH is 1. The highest BCUT2D eigenvalue weighted by Crippen LogP contribution is 2.11. The lowest BCUT2D eigenvalue weighted by Gasteiger charge is -2.19. The molecule has 0 aliphatic rings. The number of nitrogens with zero attached hydrogens (tertiary/aromatic N) is 2. The maximum Gasteiger partial charge on any atom is 0.115 e. The molecule has 1 atom stereocenters. The van der Waals surface area contributed by atoms with Gasteiger partial charge in [0, 0.05) is 6.20 Å². The van der Waals surface area contributed by atoms with E-state index in [1.54, 1.807) is 19.2 Å². The molecule has 11 heavy (non-hydrogen) atoms. The summed E-state index contributed by atoms with van der Waals surface area (Å²) in [5, 5.41) is 8.86. The van der Waals surface area contributed by atoms with Crippen molar-refractivity contribution in [2.24, 2.45) is 5.73 Å². The molecule has 1 aromatic heterocycles. The van der Waals surface area contributed by atoms with E-state index >= 15 is 0 Å². The number of aromatic nitrogens is 2. The van der Waals surface area contributed by atoms with E-state index < -0.39 is 5.54 Å². The lowest BCUT2D eigenvalue weighted by molar-refractivity contribution is 0.206. The van der Waals surface area contributed by atoms with E-state index in [4.69, 9.17) is 10.8 Å². The normalized spacial score (nSPS) is 15.9. The first kappa shape index (κ1) is 8.10. The Balaban J connectivity index is 2.93. The van der Waals surface area contributed by atoms with E-state index in [-0.39, 0.29) is 6.61 Å². The molecule has 0 saturated carbocycles. The average molecular weight is 153 g/mol. The molecule has 0 aliphatic carbocycles. The Hall–Kier alpha value is -1.00. The standard InChI is InChI=1S/C7H11N3O/c1-7(8,4-11)6-2-3-9-5-10-6/h2-3,5,11H,4,8H2,1H3. The highest BCUT2D eigenvalue weighted by Gasteiger charge is 2.20. The number of rotatable bonds is 2. The fourth-order valence-corrected chi connectivity index (χ4v) is 0.710. The third-order valence-corrected chi connectivity index (χ3v) is 1.50. The molecule has 60 valence electrons. The fourth-order valence-electron chi connectivity index (χ4n) is 0.710. The Kier molecular flexibility index (Phi) is 2.16. The van der Waals surface area contributed by atoms with Gasteiger partial charge in [-0.15, -0.1) is 0 Å². The molecule has 1 aromatic rings. The minimum atomic E-state index is -0.761. The fraction of sp³-hybridized carbons (Fsp3) is 0.429. The van der Waals surface area contributed by atoms with E-state index in [2.05, 4.69) is 9.97 Å². The monoisotopic (exact) mass is 153 g/mol. The Morgan fingerprint density at radius 1 is 1.73 bits per heavy atom. The maximum atomic E-state index is 8.86. The summed E-state index contributed by atoms with van der Waals surface area (Å²) >= 11 is 0. The van der Waals surface area contributed by atoms with Gasteiger partial charge in [-0.25, -0.2) is 9.97 Å². The van der Waals surface area contributed by atoms with Crippen molar-refractivity contribution in [3.05, 3.63) is 24.3 Å².